The van der Waals surface area contributed by atoms with Crippen LogP contribution in [0.25, 0.3) is 0 Å². The van der Waals surface area contributed by atoms with Crippen LogP contribution in [0.15, 0.2) is 11.4 Å². The van der Waals surface area contributed by atoms with Gasteiger partial charge in [0.15, 0.2) is 0 Å². The fourth-order valence-corrected chi connectivity index (χ4v) is 2.77. The van der Waals surface area contributed by atoms with Crippen LogP contribution in [-0.2, 0) is 0 Å². The molecule has 0 bridgehead atoms. The van der Waals surface area contributed by atoms with Gasteiger partial charge in [-0.2, -0.15) is 0 Å². The Morgan fingerprint density at radius 3 is 2.58 bits per heavy atom. The first-order valence-corrected chi connectivity index (χ1v) is 6.34. The first kappa shape index (κ1) is 18.5. The summed E-state index contributed by atoms with van der Waals surface area (Å²) in [4.78, 5) is 12.2. The Balaban J connectivity index is 0.00000162. The molecule has 1 N–H and O–H groups in total. The van der Waals surface area contributed by atoms with Gasteiger partial charge < -0.3 is 5.32 Å². The molecule has 0 saturated carbocycles. The van der Waals surface area contributed by atoms with Gasteiger partial charge in [0.05, 0.1) is 11.0 Å². The van der Waals surface area contributed by atoms with Gasteiger partial charge in [-0.15, -0.1) is 24.8 Å². The minimum atomic E-state index is -0.506. The number of hydrogen-bond acceptors (Lipinski definition) is 5. The normalized spacial score (nSPS) is 17.1. The van der Waals surface area contributed by atoms with Gasteiger partial charge in [-0.25, -0.2) is 4.39 Å². The zero-order valence-corrected chi connectivity index (χ0v) is 12.5. The SMILES string of the molecule is Cl.Cl.O=[N+]([O-])c1cc([C@@H](CF)N2CCNCC2)cs1. The molecule has 1 aromatic heterocycles. The fraction of sp³-hybridized carbons (Fsp3) is 0.600. The molecule has 1 atom stereocenters. The maximum Gasteiger partial charge on any atom is 0.324 e. The lowest BCUT2D eigenvalue weighted by atomic mass is 10.1. The number of halogens is 3. The Hall–Kier alpha value is -0.470. The molecule has 0 spiro atoms. The van der Waals surface area contributed by atoms with Crippen LogP contribution in [0.1, 0.15) is 11.6 Å². The molecule has 2 rings (SSSR count). The highest BCUT2D eigenvalue weighted by Gasteiger charge is 2.24. The van der Waals surface area contributed by atoms with Crippen LogP contribution >= 0.6 is 36.2 Å². The van der Waals surface area contributed by atoms with E-state index in [4.69, 9.17) is 0 Å². The molecular weight excluding hydrogens is 316 g/mol. The molecule has 9 heteroatoms. The standard InChI is InChI=1S/C10H14FN3O2S.2ClH/c11-6-9(13-3-1-12-2-4-13)8-5-10(14(15)16)17-7-8;;/h5,7,9,12H,1-4,6H2;2*1H/t9-;;/m1../s1. The zero-order chi connectivity index (χ0) is 12.3. The van der Waals surface area contributed by atoms with Gasteiger partial charge in [-0.05, 0) is 5.56 Å². The summed E-state index contributed by atoms with van der Waals surface area (Å²) in [7, 11) is 0. The molecule has 1 fully saturated rings. The lowest BCUT2D eigenvalue weighted by Gasteiger charge is -2.32. The molecule has 0 unspecified atom stereocenters. The van der Waals surface area contributed by atoms with E-state index < -0.39 is 11.6 Å². The van der Waals surface area contributed by atoms with Crippen LogP contribution in [0.2, 0.25) is 0 Å². The van der Waals surface area contributed by atoms with Crippen molar-refractivity contribution in [3.63, 3.8) is 0 Å². The molecule has 1 saturated heterocycles. The summed E-state index contributed by atoms with van der Waals surface area (Å²) in [5.74, 6) is 0. The van der Waals surface area contributed by atoms with Gasteiger partial charge in [-0.3, -0.25) is 15.0 Å². The van der Waals surface area contributed by atoms with Crippen LogP contribution in [-0.4, -0.2) is 42.7 Å². The average Bonchev–Trinajstić information content (AvgIpc) is 2.81. The summed E-state index contributed by atoms with van der Waals surface area (Å²) in [5, 5.41) is 15.6. The predicted octanol–water partition coefficient (Wildman–Crippen LogP) is 2.42. The minimum absolute atomic E-state index is 0. The quantitative estimate of drug-likeness (QED) is 0.680. The molecule has 5 nitrogen and oxygen atoms in total. The van der Waals surface area contributed by atoms with Crippen molar-refractivity contribution in [2.24, 2.45) is 0 Å². The molecule has 1 aliphatic heterocycles. The Morgan fingerprint density at radius 1 is 1.47 bits per heavy atom. The monoisotopic (exact) mass is 331 g/mol. The lowest BCUT2D eigenvalue weighted by molar-refractivity contribution is -0.380. The highest BCUT2D eigenvalue weighted by Crippen LogP contribution is 2.30. The van der Waals surface area contributed by atoms with E-state index in [-0.39, 0.29) is 35.9 Å². The van der Waals surface area contributed by atoms with Crippen LogP contribution in [0, 0.1) is 10.1 Å². The number of thiophene rings is 1. The van der Waals surface area contributed by atoms with Gasteiger partial charge in [0, 0.05) is 37.6 Å². The molecule has 1 aliphatic rings. The average molecular weight is 332 g/mol. The maximum absolute atomic E-state index is 13.1. The highest BCUT2D eigenvalue weighted by molar-refractivity contribution is 7.13. The van der Waals surface area contributed by atoms with Crippen molar-refractivity contribution < 1.29 is 9.31 Å². The second-order valence-electron chi connectivity index (χ2n) is 3.93. The largest absolute Gasteiger partial charge is 0.324 e. The van der Waals surface area contributed by atoms with Crippen molar-refractivity contribution in [3.8, 4) is 0 Å². The number of rotatable bonds is 4. The van der Waals surface area contributed by atoms with E-state index in [1.165, 1.54) is 6.07 Å². The number of hydrogen-bond donors (Lipinski definition) is 1. The Morgan fingerprint density at radius 2 is 2.11 bits per heavy atom. The van der Waals surface area contributed by atoms with Crippen molar-refractivity contribution in [1.29, 1.82) is 0 Å². The lowest BCUT2D eigenvalue weighted by Crippen LogP contribution is -2.45. The van der Waals surface area contributed by atoms with Crippen molar-refractivity contribution >= 4 is 41.2 Å². The van der Waals surface area contributed by atoms with Crippen LogP contribution < -0.4 is 5.32 Å². The van der Waals surface area contributed by atoms with Crippen molar-refractivity contribution in [2.45, 2.75) is 6.04 Å². The van der Waals surface area contributed by atoms with E-state index in [1.54, 1.807) is 5.38 Å². The number of nitrogens with zero attached hydrogens (tertiary/aromatic N) is 2. The van der Waals surface area contributed by atoms with E-state index in [9.17, 15) is 14.5 Å². The van der Waals surface area contributed by atoms with Crippen molar-refractivity contribution in [3.05, 3.63) is 27.1 Å². The third kappa shape index (κ3) is 4.54. The van der Waals surface area contributed by atoms with Crippen LogP contribution in [0.3, 0.4) is 0 Å². The second-order valence-corrected chi connectivity index (χ2v) is 4.82. The third-order valence-corrected chi connectivity index (χ3v) is 3.81. The van der Waals surface area contributed by atoms with Gasteiger partial charge in [0.1, 0.15) is 6.67 Å². The second kappa shape index (κ2) is 8.65. The van der Waals surface area contributed by atoms with Crippen LogP contribution in [0.4, 0.5) is 9.39 Å². The molecule has 0 aromatic carbocycles. The smallest absolute Gasteiger partial charge is 0.314 e. The molecule has 0 radical (unpaired) electrons. The van der Waals surface area contributed by atoms with E-state index in [0.717, 1.165) is 37.5 Å². The molecule has 110 valence electrons. The summed E-state index contributed by atoms with van der Waals surface area (Å²) < 4.78 is 13.1. The summed E-state index contributed by atoms with van der Waals surface area (Å²) in [6, 6.07) is 1.14. The summed E-state index contributed by atoms with van der Waals surface area (Å²) in [6.07, 6.45) is 0. The van der Waals surface area contributed by atoms with E-state index in [0.29, 0.717) is 5.56 Å². The maximum atomic E-state index is 13.1. The predicted molar refractivity (Wildman–Crippen MR) is 78.6 cm³/mol. The van der Waals surface area contributed by atoms with E-state index >= 15 is 0 Å². The van der Waals surface area contributed by atoms with E-state index in [2.05, 4.69) is 5.32 Å². The molecule has 2 heterocycles. The van der Waals surface area contributed by atoms with Gasteiger partial charge in [0.2, 0.25) is 0 Å². The Bertz CT molecular complexity index is 402. The Kier molecular flexibility index (Phi) is 8.44. The summed E-state index contributed by atoms with van der Waals surface area (Å²) in [6.45, 7) is 2.72. The van der Waals surface area contributed by atoms with Gasteiger partial charge in [-0.1, -0.05) is 11.3 Å². The first-order valence-electron chi connectivity index (χ1n) is 5.46. The van der Waals surface area contributed by atoms with Gasteiger partial charge in [0.25, 0.3) is 0 Å². The highest BCUT2D eigenvalue weighted by atomic mass is 35.5. The molecular formula is C10H16Cl2FN3O2S. The number of nitrogens with one attached hydrogen (secondary N) is 1. The van der Waals surface area contributed by atoms with Gasteiger partial charge >= 0.3 is 5.00 Å². The molecule has 0 aliphatic carbocycles. The van der Waals surface area contributed by atoms with E-state index in [1.807, 2.05) is 4.90 Å². The summed E-state index contributed by atoms with van der Waals surface area (Å²) >= 11 is 1.06. The molecule has 19 heavy (non-hydrogen) atoms. The molecule has 1 aromatic rings. The Labute approximate surface area is 127 Å². The topological polar surface area (TPSA) is 58.4 Å². The number of piperazine rings is 1. The van der Waals surface area contributed by atoms with Crippen molar-refractivity contribution in [1.82, 2.24) is 10.2 Å². The number of nitro groups is 1. The number of alkyl halides is 1. The fourth-order valence-electron chi connectivity index (χ4n) is 2.00. The molecule has 0 amide bonds. The van der Waals surface area contributed by atoms with Crippen molar-refractivity contribution in [2.75, 3.05) is 32.9 Å². The summed E-state index contributed by atoms with van der Waals surface area (Å²) in [5.41, 5.74) is 0.714. The minimum Gasteiger partial charge on any atom is -0.314 e. The van der Waals surface area contributed by atoms with Crippen LogP contribution in [0.5, 0.6) is 0 Å². The third-order valence-electron chi connectivity index (χ3n) is 2.91. The first-order chi connectivity index (χ1) is 8.22. The zero-order valence-electron chi connectivity index (χ0n) is 10.1.